The molecule has 0 radical (unpaired) electrons. The molecule has 1 unspecified atom stereocenters. The van der Waals surface area contributed by atoms with Gasteiger partial charge in [-0.3, -0.25) is 4.90 Å². The van der Waals surface area contributed by atoms with Gasteiger partial charge in [-0.15, -0.1) is 11.3 Å². The Morgan fingerprint density at radius 1 is 1.36 bits per heavy atom. The quantitative estimate of drug-likeness (QED) is 0.808. The maximum Gasteiger partial charge on any atom is 0.327 e. The fourth-order valence-electron chi connectivity index (χ4n) is 2.77. The number of benzene rings is 1. The molecule has 4 nitrogen and oxygen atoms in total. The number of rotatable bonds is 3. The first-order chi connectivity index (χ1) is 10.2. The topological polar surface area (TPSA) is 61.0 Å². The van der Waals surface area contributed by atoms with E-state index in [0.29, 0.717) is 5.02 Å². The highest BCUT2D eigenvalue weighted by atomic mass is 35.5. The van der Waals surface area contributed by atoms with Crippen LogP contribution < -0.4 is 0 Å². The maximum absolute atomic E-state index is 12.3. The first kappa shape index (κ1) is 17.0. The Labute approximate surface area is 138 Å². The van der Waals surface area contributed by atoms with E-state index >= 15 is 0 Å². The van der Waals surface area contributed by atoms with E-state index in [9.17, 15) is 4.79 Å². The van der Waals surface area contributed by atoms with Gasteiger partial charge in [0.15, 0.2) is 0 Å². The van der Waals surface area contributed by atoms with Gasteiger partial charge in [0.05, 0.1) is 7.11 Å². The van der Waals surface area contributed by atoms with Gasteiger partial charge in [-0.05, 0) is 35.1 Å². The van der Waals surface area contributed by atoms with Crippen LogP contribution in [-0.2, 0) is 22.5 Å². The molecule has 3 rings (SSSR count). The monoisotopic (exact) mass is 339 g/mol. The molecule has 1 aliphatic heterocycles. The molecule has 0 bridgehead atoms. The number of halogens is 1. The molecular formula is C16H18ClNO3S. The van der Waals surface area contributed by atoms with E-state index in [4.69, 9.17) is 16.3 Å². The smallest absolute Gasteiger partial charge is 0.327 e. The summed E-state index contributed by atoms with van der Waals surface area (Å²) in [7, 11) is 1.42. The SMILES string of the molecule is COC(=O)C(c1ccccc1Cl)N1CCc2sccc2C1.O. The zero-order valence-electron chi connectivity index (χ0n) is 12.2. The van der Waals surface area contributed by atoms with Crippen LogP contribution >= 0.6 is 22.9 Å². The van der Waals surface area contributed by atoms with E-state index in [0.717, 1.165) is 25.1 Å². The number of carbonyl (C=O) groups is 1. The van der Waals surface area contributed by atoms with Crippen LogP contribution in [0.15, 0.2) is 35.7 Å². The highest BCUT2D eigenvalue weighted by Crippen LogP contribution is 2.33. The average molecular weight is 340 g/mol. The molecule has 0 aliphatic carbocycles. The van der Waals surface area contributed by atoms with Crippen molar-refractivity contribution in [3.63, 3.8) is 0 Å². The Hall–Kier alpha value is -1.40. The molecule has 2 N–H and O–H groups in total. The summed E-state index contributed by atoms with van der Waals surface area (Å²) < 4.78 is 5.01. The maximum atomic E-state index is 12.3. The molecule has 1 aromatic carbocycles. The van der Waals surface area contributed by atoms with Gasteiger partial charge in [0, 0.05) is 23.0 Å². The third kappa shape index (κ3) is 3.17. The van der Waals surface area contributed by atoms with Crippen molar-refractivity contribution in [1.29, 1.82) is 0 Å². The Morgan fingerprint density at radius 2 is 2.14 bits per heavy atom. The number of fused-ring (bicyclic) bond motifs is 1. The summed E-state index contributed by atoms with van der Waals surface area (Å²) in [6.45, 7) is 1.59. The summed E-state index contributed by atoms with van der Waals surface area (Å²) in [5.74, 6) is -0.262. The van der Waals surface area contributed by atoms with Crippen LogP contribution in [0.2, 0.25) is 5.02 Å². The van der Waals surface area contributed by atoms with Crippen LogP contribution in [-0.4, -0.2) is 30.0 Å². The van der Waals surface area contributed by atoms with Crippen molar-refractivity contribution in [3.05, 3.63) is 56.7 Å². The molecule has 0 saturated carbocycles. The van der Waals surface area contributed by atoms with Gasteiger partial charge in [-0.25, -0.2) is 4.79 Å². The van der Waals surface area contributed by atoms with E-state index in [1.165, 1.54) is 17.6 Å². The Bertz CT molecular complexity index is 658. The van der Waals surface area contributed by atoms with E-state index < -0.39 is 6.04 Å². The lowest BCUT2D eigenvalue weighted by Gasteiger charge is -2.33. The minimum atomic E-state index is -0.447. The van der Waals surface area contributed by atoms with Crippen molar-refractivity contribution in [1.82, 2.24) is 4.90 Å². The molecule has 0 fully saturated rings. The predicted octanol–water partition coefficient (Wildman–Crippen LogP) is 2.85. The van der Waals surface area contributed by atoms with Gasteiger partial charge in [0.2, 0.25) is 0 Å². The van der Waals surface area contributed by atoms with Gasteiger partial charge < -0.3 is 10.2 Å². The van der Waals surface area contributed by atoms with Crippen LogP contribution in [0.4, 0.5) is 0 Å². The van der Waals surface area contributed by atoms with Crippen LogP contribution in [0.5, 0.6) is 0 Å². The molecule has 0 amide bonds. The number of hydrogen-bond donors (Lipinski definition) is 0. The minimum absolute atomic E-state index is 0. The second-order valence-corrected chi connectivity index (χ2v) is 6.44. The highest BCUT2D eigenvalue weighted by molar-refractivity contribution is 7.10. The Morgan fingerprint density at radius 3 is 2.86 bits per heavy atom. The van der Waals surface area contributed by atoms with Gasteiger partial charge in [0.25, 0.3) is 0 Å². The molecule has 6 heteroatoms. The fraction of sp³-hybridized carbons (Fsp3) is 0.312. The van der Waals surface area contributed by atoms with Crippen molar-refractivity contribution in [2.75, 3.05) is 13.7 Å². The van der Waals surface area contributed by atoms with Gasteiger partial charge in [-0.1, -0.05) is 29.8 Å². The van der Waals surface area contributed by atoms with Crippen molar-refractivity contribution in [2.24, 2.45) is 0 Å². The van der Waals surface area contributed by atoms with Crippen molar-refractivity contribution in [3.8, 4) is 0 Å². The largest absolute Gasteiger partial charge is 0.468 e. The number of esters is 1. The summed E-state index contributed by atoms with van der Waals surface area (Å²) in [5.41, 5.74) is 2.11. The Kier molecular flexibility index (Phi) is 5.58. The van der Waals surface area contributed by atoms with Crippen molar-refractivity contribution < 1.29 is 15.0 Å². The number of thiophene rings is 1. The first-order valence-electron chi connectivity index (χ1n) is 6.82. The fourth-order valence-corrected chi connectivity index (χ4v) is 3.90. The van der Waals surface area contributed by atoms with Crippen LogP contribution in [0.25, 0.3) is 0 Å². The molecule has 2 aromatic rings. The lowest BCUT2D eigenvalue weighted by molar-refractivity contribution is -0.147. The number of nitrogens with zero attached hydrogens (tertiary/aromatic N) is 1. The number of hydrogen-bond acceptors (Lipinski definition) is 4. The van der Waals surface area contributed by atoms with Crippen LogP contribution in [0.1, 0.15) is 22.0 Å². The van der Waals surface area contributed by atoms with Gasteiger partial charge >= 0.3 is 5.97 Å². The summed E-state index contributed by atoms with van der Waals surface area (Å²) in [6, 6.07) is 9.16. The molecule has 1 aromatic heterocycles. The third-order valence-corrected chi connectivity index (χ3v) is 5.19. The average Bonchev–Trinajstić information content (AvgIpc) is 2.97. The zero-order chi connectivity index (χ0) is 14.8. The predicted molar refractivity (Wildman–Crippen MR) is 88.3 cm³/mol. The minimum Gasteiger partial charge on any atom is -0.468 e. The van der Waals surface area contributed by atoms with Gasteiger partial charge in [0.1, 0.15) is 6.04 Å². The first-order valence-corrected chi connectivity index (χ1v) is 8.08. The molecule has 1 atom stereocenters. The molecule has 0 saturated heterocycles. The standard InChI is InChI=1S/C16H16ClNO2S.H2O/c1-20-16(19)15(12-4-2-3-5-13(12)17)18-8-6-14-11(10-18)7-9-21-14;/h2-5,7,9,15H,6,8,10H2,1H3;1H2. The van der Waals surface area contributed by atoms with E-state index in [1.54, 1.807) is 11.3 Å². The second kappa shape index (κ2) is 7.24. The van der Waals surface area contributed by atoms with Crippen LogP contribution in [0, 0.1) is 0 Å². The molecule has 118 valence electrons. The highest BCUT2D eigenvalue weighted by Gasteiger charge is 2.32. The third-order valence-electron chi connectivity index (χ3n) is 3.83. The molecular weight excluding hydrogens is 322 g/mol. The number of methoxy groups -OCH3 is 1. The number of ether oxygens (including phenoxy) is 1. The lowest BCUT2D eigenvalue weighted by Crippen LogP contribution is -2.38. The van der Waals surface area contributed by atoms with E-state index in [2.05, 4.69) is 16.3 Å². The lowest BCUT2D eigenvalue weighted by atomic mass is 10.0. The molecule has 22 heavy (non-hydrogen) atoms. The van der Waals surface area contributed by atoms with Crippen molar-refractivity contribution >= 4 is 28.9 Å². The summed E-state index contributed by atoms with van der Waals surface area (Å²) in [5, 5.41) is 2.71. The second-order valence-electron chi connectivity index (χ2n) is 5.04. The summed E-state index contributed by atoms with van der Waals surface area (Å²) >= 11 is 8.07. The van der Waals surface area contributed by atoms with Crippen LogP contribution in [0.3, 0.4) is 0 Å². The summed E-state index contributed by atoms with van der Waals surface area (Å²) in [6.07, 6.45) is 0.963. The van der Waals surface area contributed by atoms with Gasteiger partial charge in [-0.2, -0.15) is 0 Å². The normalized spacial score (nSPS) is 15.5. The number of carbonyl (C=O) groups excluding carboxylic acids is 1. The molecule has 2 heterocycles. The van der Waals surface area contributed by atoms with Crippen molar-refractivity contribution in [2.45, 2.75) is 19.0 Å². The molecule has 0 spiro atoms. The van der Waals surface area contributed by atoms with E-state index in [-0.39, 0.29) is 11.4 Å². The zero-order valence-corrected chi connectivity index (χ0v) is 13.8. The molecule has 1 aliphatic rings. The summed E-state index contributed by atoms with van der Waals surface area (Å²) in [4.78, 5) is 15.8. The Balaban J connectivity index is 0.00000176. The van der Waals surface area contributed by atoms with E-state index in [1.807, 2.05) is 24.3 Å².